The van der Waals surface area contributed by atoms with E-state index < -0.39 is 6.17 Å². The summed E-state index contributed by atoms with van der Waals surface area (Å²) in [5, 5.41) is 0.554. The Balaban J connectivity index is 1.90. The van der Waals surface area contributed by atoms with Crippen LogP contribution in [0, 0.1) is 5.82 Å². The minimum absolute atomic E-state index is 0.289. The number of para-hydroxylation sites is 1. The molecule has 1 fully saturated rings. The molecule has 4 rings (SSSR count). The van der Waals surface area contributed by atoms with E-state index in [0.717, 1.165) is 10.4 Å². The lowest BCUT2D eigenvalue weighted by Gasteiger charge is -2.20. The van der Waals surface area contributed by atoms with Gasteiger partial charge < -0.3 is 9.88 Å². The van der Waals surface area contributed by atoms with Crippen molar-refractivity contribution in [1.82, 2.24) is 9.97 Å². The number of alkyl halides is 1. The highest BCUT2D eigenvalue weighted by Gasteiger charge is 2.27. The summed E-state index contributed by atoms with van der Waals surface area (Å²) in [6.07, 6.45) is 3.35. The van der Waals surface area contributed by atoms with E-state index in [9.17, 15) is 8.78 Å². The Labute approximate surface area is 143 Å². The van der Waals surface area contributed by atoms with Crippen molar-refractivity contribution in [3.63, 3.8) is 0 Å². The van der Waals surface area contributed by atoms with Gasteiger partial charge in [0.05, 0.1) is 12.2 Å². The van der Waals surface area contributed by atoms with Crippen LogP contribution in [0.5, 0.6) is 0 Å². The number of H-pyrrole nitrogens is 1. The first-order valence-corrected chi connectivity index (χ1v) is 9.09. The van der Waals surface area contributed by atoms with Gasteiger partial charge in [0.1, 0.15) is 12.0 Å². The zero-order chi connectivity index (χ0) is 16.7. The highest BCUT2D eigenvalue weighted by molar-refractivity contribution is 7.98. The molecular weight excluding hydrogens is 328 g/mol. The maximum absolute atomic E-state index is 14.9. The van der Waals surface area contributed by atoms with Gasteiger partial charge >= 0.3 is 0 Å². The van der Waals surface area contributed by atoms with Gasteiger partial charge in [0.15, 0.2) is 5.82 Å². The second-order valence-electron chi connectivity index (χ2n) is 5.94. The fourth-order valence-corrected chi connectivity index (χ4v) is 3.58. The topological polar surface area (TPSA) is 31.9 Å². The van der Waals surface area contributed by atoms with Crippen molar-refractivity contribution in [2.24, 2.45) is 0 Å². The third kappa shape index (κ3) is 2.55. The van der Waals surface area contributed by atoms with Gasteiger partial charge in [-0.2, -0.15) is 0 Å². The van der Waals surface area contributed by atoms with Crippen molar-refractivity contribution in [3.05, 3.63) is 42.3 Å². The van der Waals surface area contributed by atoms with Crippen molar-refractivity contribution in [1.29, 1.82) is 0 Å². The third-order valence-electron chi connectivity index (χ3n) is 4.42. The van der Waals surface area contributed by atoms with Crippen molar-refractivity contribution in [2.75, 3.05) is 24.2 Å². The Kier molecular flexibility index (Phi) is 3.92. The standard InChI is InChI=1S/C18H17F2N3S/c1-24-12-8-14(18(21-9-12)23-7-6-11(19)10-23)17-16(20)13-4-2-3-5-15(13)22-17/h2-5,8-9,11,22H,6-7,10H2,1H3. The summed E-state index contributed by atoms with van der Waals surface area (Å²) in [7, 11) is 0. The molecule has 3 heterocycles. The van der Waals surface area contributed by atoms with Crippen LogP contribution >= 0.6 is 11.8 Å². The van der Waals surface area contributed by atoms with Gasteiger partial charge in [0, 0.05) is 34.1 Å². The van der Waals surface area contributed by atoms with Crippen molar-refractivity contribution < 1.29 is 8.78 Å². The summed E-state index contributed by atoms with van der Waals surface area (Å²) in [6.45, 7) is 0.905. The molecule has 1 aromatic carbocycles. The normalized spacial score (nSPS) is 17.8. The highest BCUT2D eigenvalue weighted by atomic mass is 32.2. The fraction of sp³-hybridized carbons (Fsp3) is 0.278. The average molecular weight is 345 g/mol. The van der Waals surface area contributed by atoms with Gasteiger partial charge in [-0.25, -0.2) is 13.8 Å². The number of nitrogens with zero attached hydrogens (tertiary/aromatic N) is 2. The van der Waals surface area contributed by atoms with E-state index in [-0.39, 0.29) is 5.82 Å². The van der Waals surface area contributed by atoms with E-state index >= 15 is 0 Å². The van der Waals surface area contributed by atoms with Crippen LogP contribution in [0.2, 0.25) is 0 Å². The second kappa shape index (κ2) is 6.09. The van der Waals surface area contributed by atoms with E-state index in [1.165, 1.54) is 0 Å². The Morgan fingerprint density at radius 1 is 1.33 bits per heavy atom. The van der Waals surface area contributed by atoms with E-state index in [0.29, 0.717) is 42.0 Å². The van der Waals surface area contributed by atoms with Crippen LogP contribution in [-0.2, 0) is 0 Å². The van der Waals surface area contributed by atoms with Crippen molar-refractivity contribution >= 4 is 28.5 Å². The number of thioether (sulfide) groups is 1. The predicted octanol–water partition coefficient (Wildman–Crippen LogP) is 4.64. The number of rotatable bonds is 3. The molecule has 0 aliphatic carbocycles. The Morgan fingerprint density at radius 3 is 2.88 bits per heavy atom. The largest absolute Gasteiger partial charge is 0.353 e. The molecule has 1 aliphatic heterocycles. The van der Waals surface area contributed by atoms with Crippen LogP contribution in [0.3, 0.4) is 0 Å². The molecule has 1 atom stereocenters. The monoisotopic (exact) mass is 345 g/mol. The zero-order valence-electron chi connectivity index (χ0n) is 13.2. The quantitative estimate of drug-likeness (QED) is 0.702. The molecule has 0 bridgehead atoms. The predicted molar refractivity (Wildman–Crippen MR) is 95.0 cm³/mol. The average Bonchev–Trinajstić information content (AvgIpc) is 3.18. The molecule has 0 radical (unpaired) electrons. The smallest absolute Gasteiger partial charge is 0.156 e. The molecule has 6 heteroatoms. The van der Waals surface area contributed by atoms with Gasteiger partial charge in [0.2, 0.25) is 0 Å². The number of aromatic amines is 1. The van der Waals surface area contributed by atoms with Crippen LogP contribution in [0.25, 0.3) is 22.2 Å². The number of nitrogens with one attached hydrogen (secondary N) is 1. The molecule has 3 aromatic rings. The van der Waals surface area contributed by atoms with E-state index in [1.807, 2.05) is 35.4 Å². The molecule has 0 saturated carbocycles. The Morgan fingerprint density at radius 2 is 2.17 bits per heavy atom. The molecule has 2 aromatic heterocycles. The first-order chi connectivity index (χ1) is 11.7. The van der Waals surface area contributed by atoms with Gasteiger partial charge in [-0.15, -0.1) is 11.8 Å². The number of benzene rings is 1. The van der Waals surface area contributed by atoms with Crippen molar-refractivity contribution in [3.8, 4) is 11.3 Å². The molecule has 0 amide bonds. The minimum Gasteiger partial charge on any atom is -0.353 e. The maximum Gasteiger partial charge on any atom is 0.156 e. The lowest BCUT2D eigenvalue weighted by molar-refractivity contribution is 0.364. The van der Waals surface area contributed by atoms with E-state index in [4.69, 9.17) is 0 Å². The van der Waals surface area contributed by atoms with E-state index in [1.54, 1.807) is 24.0 Å². The number of hydrogen-bond acceptors (Lipinski definition) is 3. The first kappa shape index (κ1) is 15.4. The summed E-state index contributed by atoms with van der Waals surface area (Å²) in [5.74, 6) is 0.348. The number of aromatic nitrogens is 2. The molecule has 1 N–H and O–H groups in total. The van der Waals surface area contributed by atoms with Gasteiger partial charge in [-0.1, -0.05) is 12.1 Å². The van der Waals surface area contributed by atoms with Gasteiger partial charge in [0.25, 0.3) is 0 Å². The molecular formula is C18H17F2N3S. The Hall–Kier alpha value is -2.08. The van der Waals surface area contributed by atoms with Gasteiger partial charge in [-0.05, 0) is 30.9 Å². The second-order valence-corrected chi connectivity index (χ2v) is 6.82. The minimum atomic E-state index is -0.854. The number of anilines is 1. The number of halogens is 2. The lowest BCUT2D eigenvalue weighted by Crippen LogP contribution is -2.22. The van der Waals surface area contributed by atoms with Crippen LogP contribution in [0.4, 0.5) is 14.6 Å². The molecule has 1 unspecified atom stereocenters. The number of hydrogen-bond donors (Lipinski definition) is 1. The first-order valence-electron chi connectivity index (χ1n) is 7.87. The zero-order valence-corrected chi connectivity index (χ0v) is 14.0. The van der Waals surface area contributed by atoms with E-state index in [2.05, 4.69) is 9.97 Å². The lowest BCUT2D eigenvalue weighted by atomic mass is 10.1. The van der Waals surface area contributed by atoms with Crippen LogP contribution in [-0.4, -0.2) is 35.5 Å². The SMILES string of the molecule is CSc1cnc(N2CCC(F)C2)c(-c2[nH]c3ccccc3c2F)c1. The summed E-state index contributed by atoms with van der Waals surface area (Å²) >= 11 is 1.55. The molecule has 1 aliphatic rings. The third-order valence-corrected chi connectivity index (χ3v) is 5.11. The Bertz CT molecular complexity index is 893. The fourth-order valence-electron chi connectivity index (χ4n) is 3.19. The summed E-state index contributed by atoms with van der Waals surface area (Å²) in [4.78, 5) is 10.5. The van der Waals surface area contributed by atoms with Crippen LogP contribution in [0.1, 0.15) is 6.42 Å². The number of fused-ring (bicyclic) bond motifs is 1. The molecule has 3 nitrogen and oxygen atoms in total. The van der Waals surface area contributed by atoms with Gasteiger partial charge in [-0.3, -0.25) is 0 Å². The summed E-state index contributed by atoms with van der Waals surface area (Å²) < 4.78 is 28.6. The summed E-state index contributed by atoms with van der Waals surface area (Å²) in [6, 6.07) is 9.21. The highest BCUT2D eigenvalue weighted by Crippen LogP contribution is 2.37. The van der Waals surface area contributed by atoms with Crippen molar-refractivity contribution in [2.45, 2.75) is 17.5 Å². The number of pyridine rings is 1. The molecule has 1 saturated heterocycles. The summed E-state index contributed by atoms with van der Waals surface area (Å²) in [5.41, 5.74) is 1.84. The van der Waals surface area contributed by atoms with Crippen LogP contribution in [0.15, 0.2) is 41.4 Å². The molecule has 0 spiro atoms. The molecule has 124 valence electrons. The molecule has 24 heavy (non-hydrogen) atoms. The maximum atomic E-state index is 14.9. The van der Waals surface area contributed by atoms with Crippen LogP contribution < -0.4 is 4.90 Å².